The molecule has 0 aliphatic rings. The number of aliphatic hydroxyl groups excluding tert-OH is 1. The number of nitrogens with one attached hydrogen (secondary N) is 1. The highest BCUT2D eigenvalue weighted by molar-refractivity contribution is 5.91. The summed E-state index contributed by atoms with van der Waals surface area (Å²) in [6.45, 7) is 9.93. The molecule has 4 N–H and O–H groups in total. The van der Waals surface area contributed by atoms with Crippen LogP contribution in [0.1, 0.15) is 75.2 Å². The summed E-state index contributed by atoms with van der Waals surface area (Å²) in [5, 5.41) is 15.2. The van der Waals surface area contributed by atoms with Crippen molar-refractivity contribution in [2.75, 3.05) is 0 Å². The third kappa shape index (κ3) is 13.4. The molecule has 14 nitrogen and oxygen atoms in total. The number of ether oxygens (including phenoxy) is 3. The van der Waals surface area contributed by atoms with Crippen LogP contribution in [-0.4, -0.2) is 70.7 Å². The van der Waals surface area contributed by atoms with Crippen molar-refractivity contribution in [3.63, 3.8) is 0 Å². The van der Waals surface area contributed by atoms with E-state index in [4.69, 9.17) is 19.9 Å². The Morgan fingerprint density at radius 2 is 1.31 bits per heavy atom. The Hall–Kier alpha value is -5.83. The van der Waals surface area contributed by atoms with Gasteiger partial charge in [0.25, 0.3) is 0 Å². The van der Waals surface area contributed by atoms with E-state index in [-0.39, 0.29) is 38.6 Å². The maximum atomic E-state index is 15.4. The van der Waals surface area contributed by atoms with Crippen molar-refractivity contribution in [3.05, 3.63) is 144 Å². The summed E-state index contributed by atoms with van der Waals surface area (Å²) in [5.41, 5.74) is 9.04. The molecule has 59 heavy (non-hydrogen) atoms. The van der Waals surface area contributed by atoms with Gasteiger partial charge in [-0.05, 0) is 49.8 Å². The van der Waals surface area contributed by atoms with Gasteiger partial charge in [0.1, 0.15) is 37.3 Å². The molecule has 2 aromatic heterocycles. The Balaban J connectivity index is 1.53. The van der Waals surface area contributed by atoms with Gasteiger partial charge in [-0.3, -0.25) is 9.59 Å². The highest BCUT2D eigenvalue weighted by Gasteiger charge is 2.43. The molecule has 314 valence electrons. The van der Waals surface area contributed by atoms with Crippen LogP contribution in [-0.2, 0) is 63.3 Å². The number of hydrogen-bond donors (Lipinski definition) is 3. The Morgan fingerprint density at radius 3 is 1.85 bits per heavy atom. The number of imidazole rings is 2. The van der Waals surface area contributed by atoms with Gasteiger partial charge in [-0.1, -0.05) is 105 Å². The number of carbonyl (C=O) groups is 3. The molecule has 0 radical (unpaired) electrons. The molecular weight excluding hydrogens is 751 g/mol. The monoisotopic (exact) mass is 807 g/mol. The van der Waals surface area contributed by atoms with Crippen LogP contribution < -0.4 is 11.1 Å². The van der Waals surface area contributed by atoms with Crippen LogP contribution in [0, 0.1) is 5.92 Å². The summed E-state index contributed by atoms with van der Waals surface area (Å²) in [4.78, 5) is 52.7. The van der Waals surface area contributed by atoms with E-state index in [1.54, 1.807) is 48.8 Å². The first-order valence-electron chi connectivity index (χ1n) is 19.8. The Kier molecular flexibility index (Phi) is 15.9. The van der Waals surface area contributed by atoms with Crippen molar-refractivity contribution in [1.29, 1.82) is 0 Å². The third-order valence-corrected chi connectivity index (χ3v) is 9.56. The minimum absolute atomic E-state index is 0.0574. The van der Waals surface area contributed by atoms with E-state index in [1.807, 2.05) is 105 Å². The van der Waals surface area contributed by atoms with Crippen molar-refractivity contribution in [2.45, 2.75) is 110 Å². The Morgan fingerprint density at radius 1 is 0.780 bits per heavy atom. The van der Waals surface area contributed by atoms with E-state index in [1.165, 1.54) is 11.1 Å². The van der Waals surface area contributed by atoms with Gasteiger partial charge < -0.3 is 44.4 Å². The number of benzene rings is 3. The molecule has 3 amide bonds. The summed E-state index contributed by atoms with van der Waals surface area (Å²) in [6.07, 6.45) is 4.29. The molecule has 0 fully saturated rings. The quantitative estimate of drug-likeness (QED) is 0.0811. The fourth-order valence-electron chi connectivity index (χ4n) is 6.83. The smallest absolute Gasteiger partial charge is 0.408 e. The number of nitrogens with two attached hydrogens (primary N) is 1. The zero-order valence-electron chi connectivity index (χ0n) is 34.5. The number of aromatic nitrogens is 4. The first-order valence-corrected chi connectivity index (χ1v) is 19.8. The van der Waals surface area contributed by atoms with Crippen LogP contribution in [0.3, 0.4) is 0 Å². The predicted molar refractivity (Wildman–Crippen MR) is 222 cm³/mol. The van der Waals surface area contributed by atoms with Crippen LogP contribution in [0.15, 0.2) is 116 Å². The second-order valence-electron chi connectivity index (χ2n) is 16.0. The average molecular weight is 808 g/mol. The van der Waals surface area contributed by atoms with Crippen LogP contribution in [0.5, 0.6) is 0 Å². The molecule has 2 heterocycles. The minimum atomic E-state index is -1.37. The lowest BCUT2D eigenvalue weighted by Gasteiger charge is -2.42. The molecule has 3 aromatic carbocycles. The minimum Gasteiger partial charge on any atom is -0.444 e. The van der Waals surface area contributed by atoms with E-state index >= 15 is 4.79 Å². The molecular formula is C45H57N7O7. The molecule has 14 heteroatoms. The van der Waals surface area contributed by atoms with E-state index in [2.05, 4.69) is 15.3 Å². The number of hydrogen-bond acceptors (Lipinski definition) is 9. The molecule has 5 rings (SSSR count). The standard InChI is InChI=1S/C45H57N7O7/c1-32(2)21-38(41(53)40-25-48-29-51(40)31-58-27-35-19-13-8-14-20-35)52(43(55)37(22-33-15-9-6-10-16-33)49-44(56)59-45(3,4)5)39(42(46)54)23-36-24-47-28-50(36)30-57-26-34-17-11-7-12-18-34/h6-20,24-25,28-29,32,37-39,41,53H,21-23,26-27,30-31H2,1-5H3,(H2,46,54)(H,49,56)/t37-,38?,39-,41-/m0/s1. The number of rotatable bonds is 21. The maximum absolute atomic E-state index is 15.4. The molecule has 0 saturated heterocycles. The van der Waals surface area contributed by atoms with Gasteiger partial charge in [0.15, 0.2) is 0 Å². The number of aliphatic hydroxyl groups is 1. The Bertz CT molecular complexity index is 2050. The van der Waals surface area contributed by atoms with Crippen molar-refractivity contribution < 1.29 is 33.7 Å². The zero-order chi connectivity index (χ0) is 42.4. The summed E-state index contributed by atoms with van der Waals surface area (Å²) < 4.78 is 21.1. The van der Waals surface area contributed by atoms with Gasteiger partial charge in [-0.15, -0.1) is 0 Å². The van der Waals surface area contributed by atoms with E-state index < -0.39 is 47.7 Å². The van der Waals surface area contributed by atoms with Gasteiger partial charge in [0.2, 0.25) is 11.8 Å². The Labute approximate surface area is 346 Å². The molecule has 1 unspecified atom stereocenters. The lowest BCUT2D eigenvalue weighted by molar-refractivity contribution is -0.148. The largest absolute Gasteiger partial charge is 0.444 e. The average Bonchev–Trinajstić information content (AvgIpc) is 3.86. The second kappa shape index (κ2) is 21.3. The first kappa shape index (κ1) is 44.3. The summed E-state index contributed by atoms with van der Waals surface area (Å²) >= 11 is 0. The zero-order valence-corrected chi connectivity index (χ0v) is 34.5. The van der Waals surface area contributed by atoms with Gasteiger partial charge in [0.05, 0.1) is 43.8 Å². The van der Waals surface area contributed by atoms with Crippen LogP contribution in [0.4, 0.5) is 4.79 Å². The fourth-order valence-corrected chi connectivity index (χ4v) is 6.83. The normalized spacial score (nSPS) is 13.7. The van der Waals surface area contributed by atoms with Gasteiger partial charge in [0, 0.05) is 24.7 Å². The van der Waals surface area contributed by atoms with E-state index in [0.717, 1.165) is 16.7 Å². The topological polar surface area (TPSA) is 176 Å². The second-order valence-corrected chi connectivity index (χ2v) is 16.0. The van der Waals surface area contributed by atoms with Crippen molar-refractivity contribution in [1.82, 2.24) is 29.3 Å². The molecule has 5 aromatic rings. The fraction of sp³-hybridized carbons (Fsp3) is 0.400. The number of primary amides is 1. The number of carbonyl (C=O) groups excluding carboxylic acids is 3. The predicted octanol–water partition coefficient (Wildman–Crippen LogP) is 5.94. The van der Waals surface area contributed by atoms with Crippen LogP contribution in [0.2, 0.25) is 0 Å². The first-order chi connectivity index (χ1) is 28.3. The molecule has 0 bridgehead atoms. The number of amides is 3. The van der Waals surface area contributed by atoms with Gasteiger partial charge >= 0.3 is 6.09 Å². The van der Waals surface area contributed by atoms with Crippen LogP contribution >= 0.6 is 0 Å². The van der Waals surface area contributed by atoms with Gasteiger partial charge in [-0.2, -0.15) is 0 Å². The van der Waals surface area contributed by atoms with Crippen molar-refractivity contribution in [3.8, 4) is 0 Å². The van der Waals surface area contributed by atoms with E-state index in [0.29, 0.717) is 24.6 Å². The SMILES string of the molecule is CC(C)CC([C@H](O)c1cncn1COCc1ccccc1)N(C(=O)[C@H](Cc1ccccc1)NC(=O)OC(C)(C)C)[C@@H](Cc1cncn1COCc1ccccc1)C(N)=O. The molecule has 0 aliphatic carbocycles. The number of nitrogens with zero attached hydrogens (tertiary/aromatic N) is 5. The highest BCUT2D eigenvalue weighted by Crippen LogP contribution is 2.30. The molecule has 0 aliphatic heterocycles. The van der Waals surface area contributed by atoms with E-state index in [9.17, 15) is 14.7 Å². The summed E-state index contributed by atoms with van der Waals surface area (Å²) in [6, 6.07) is 25.0. The summed E-state index contributed by atoms with van der Waals surface area (Å²) in [7, 11) is 0. The molecule has 0 saturated carbocycles. The lowest BCUT2D eigenvalue weighted by Crippen LogP contribution is -2.61. The van der Waals surface area contributed by atoms with Crippen LogP contribution in [0.25, 0.3) is 0 Å². The summed E-state index contributed by atoms with van der Waals surface area (Å²) in [5.74, 6) is -1.52. The van der Waals surface area contributed by atoms with Crippen molar-refractivity contribution >= 4 is 17.9 Å². The highest BCUT2D eigenvalue weighted by atomic mass is 16.6. The maximum Gasteiger partial charge on any atom is 0.408 e. The lowest BCUT2D eigenvalue weighted by atomic mass is 9.91. The van der Waals surface area contributed by atoms with Crippen molar-refractivity contribution in [2.24, 2.45) is 11.7 Å². The number of alkyl carbamates (subject to hydrolysis) is 1. The molecule has 4 atom stereocenters. The molecule has 0 spiro atoms. The van der Waals surface area contributed by atoms with Gasteiger partial charge in [-0.25, -0.2) is 14.8 Å². The third-order valence-electron chi connectivity index (χ3n) is 9.56.